The summed E-state index contributed by atoms with van der Waals surface area (Å²) in [5.74, 6) is 2.55. The van der Waals surface area contributed by atoms with Gasteiger partial charge in [0.05, 0.1) is 6.54 Å². The number of aliphatic imine (C=N–C) groups is 1. The molecule has 0 saturated carbocycles. The molecule has 134 valence electrons. The van der Waals surface area contributed by atoms with Crippen LogP contribution in [-0.2, 0) is 17.8 Å². The van der Waals surface area contributed by atoms with Crippen LogP contribution in [0.25, 0.3) is 0 Å². The van der Waals surface area contributed by atoms with Crippen molar-refractivity contribution in [2.24, 2.45) is 4.99 Å². The fraction of sp³-hybridized carbons (Fsp3) is 0.750. The Labute approximate surface area is 143 Å². The molecule has 2 N–H and O–H groups in total. The topological polar surface area (TPSA) is 87.4 Å². The number of fused-ring (bicyclic) bond motifs is 1. The molecule has 1 atom stereocenters. The Morgan fingerprint density at radius 2 is 2.25 bits per heavy atom. The zero-order chi connectivity index (χ0) is 17.5. The van der Waals surface area contributed by atoms with Gasteiger partial charge in [-0.2, -0.15) is 5.10 Å². The molecule has 1 unspecified atom stereocenters. The molecule has 1 amide bonds. The summed E-state index contributed by atoms with van der Waals surface area (Å²) in [5, 5.41) is 11.2. The predicted octanol–water partition coefficient (Wildman–Crippen LogP) is 0.325. The molecule has 1 aromatic rings. The average Bonchev–Trinajstić information content (AvgIpc) is 2.91. The van der Waals surface area contributed by atoms with Gasteiger partial charge in [-0.3, -0.25) is 4.79 Å². The van der Waals surface area contributed by atoms with E-state index in [1.54, 1.807) is 19.0 Å². The molecule has 0 saturated heterocycles. The zero-order valence-electron chi connectivity index (χ0n) is 15.2. The number of carbonyl (C=O) groups is 1. The minimum absolute atomic E-state index is 0.00979. The largest absolute Gasteiger partial charge is 0.356 e. The van der Waals surface area contributed by atoms with Gasteiger partial charge in [-0.1, -0.05) is 13.3 Å². The Morgan fingerprint density at radius 1 is 1.46 bits per heavy atom. The monoisotopic (exact) mass is 335 g/mol. The molecule has 2 heterocycles. The molecule has 24 heavy (non-hydrogen) atoms. The van der Waals surface area contributed by atoms with Crippen molar-refractivity contribution in [2.75, 3.05) is 27.2 Å². The number of hydrogen-bond donors (Lipinski definition) is 2. The number of guanidine groups is 1. The van der Waals surface area contributed by atoms with E-state index in [0.29, 0.717) is 5.96 Å². The van der Waals surface area contributed by atoms with Gasteiger partial charge in [-0.15, -0.1) is 0 Å². The number of carbonyl (C=O) groups excluding carboxylic acids is 1. The van der Waals surface area contributed by atoms with Gasteiger partial charge in [0.25, 0.3) is 0 Å². The Hall–Kier alpha value is -2.12. The molecule has 0 fully saturated rings. The van der Waals surface area contributed by atoms with E-state index in [0.717, 1.165) is 50.4 Å². The van der Waals surface area contributed by atoms with Gasteiger partial charge in [0.1, 0.15) is 18.2 Å². The molecular weight excluding hydrogens is 306 g/mol. The van der Waals surface area contributed by atoms with Crippen LogP contribution in [0, 0.1) is 6.92 Å². The standard InChI is InChI=1S/C16H29N7O/c1-5-6-9-17-16(18-10-15(24)22(3)4)20-13-7-8-14-19-12(2)21-23(14)11-13/h13H,5-11H2,1-4H3,(H2,17,18,20). The van der Waals surface area contributed by atoms with Crippen molar-refractivity contribution in [1.82, 2.24) is 30.3 Å². The van der Waals surface area contributed by atoms with E-state index in [1.807, 2.05) is 11.6 Å². The highest BCUT2D eigenvalue weighted by Crippen LogP contribution is 2.12. The highest BCUT2D eigenvalue weighted by atomic mass is 16.2. The first-order chi connectivity index (χ1) is 11.5. The van der Waals surface area contributed by atoms with Gasteiger partial charge >= 0.3 is 0 Å². The average molecular weight is 335 g/mol. The highest BCUT2D eigenvalue weighted by molar-refractivity contribution is 5.84. The lowest BCUT2D eigenvalue weighted by Gasteiger charge is -2.25. The normalized spacial score (nSPS) is 17.3. The van der Waals surface area contributed by atoms with Gasteiger partial charge in [-0.25, -0.2) is 14.7 Å². The molecule has 2 rings (SSSR count). The van der Waals surface area contributed by atoms with Gasteiger partial charge in [-0.05, 0) is 19.8 Å². The number of likely N-dealkylation sites (N-methyl/N-ethyl adjacent to an activating group) is 1. The number of aryl methyl sites for hydroxylation is 2. The van der Waals surface area contributed by atoms with Gasteiger partial charge in [0, 0.05) is 33.1 Å². The maximum absolute atomic E-state index is 11.8. The van der Waals surface area contributed by atoms with Gasteiger partial charge in [0.15, 0.2) is 5.96 Å². The molecule has 1 aromatic heterocycles. The van der Waals surface area contributed by atoms with Crippen LogP contribution >= 0.6 is 0 Å². The van der Waals surface area contributed by atoms with E-state index >= 15 is 0 Å². The third kappa shape index (κ3) is 5.21. The second kappa shape index (κ2) is 8.65. The number of nitrogens with zero attached hydrogens (tertiary/aromatic N) is 5. The Balaban J connectivity index is 1.96. The van der Waals surface area contributed by atoms with E-state index < -0.39 is 0 Å². The first-order valence-electron chi connectivity index (χ1n) is 8.65. The van der Waals surface area contributed by atoms with E-state index in [9.17, 15) is 4.79 Å². The summed E-state index contributed by atoms with van der Waals surface area (Å²) in [6.07, 6.45) is 4.06. The molecule has 8 nitrogen and oxygen atoms in total. The number of aromatic nitrogens is 3. The van der Waals surface area contributed by atoms with Crippen LogP contribution in [0.5, 0.6) is 0 Å². The Morgan fingerprint density at radius 3 is 2.96 bits per heavy atom. The number of hydrogen-bond acceptors (Lipinski definition) is 4. The first-order valence-corrected chi connectivity index (χ1v) is 8.65. The lowest BCUT2D eigenvalue weighted by atomic mass is 10.1. The summed E-state index contributed by atoms with van der Waals surface area (Å²) in [5.41, 5.74) is 0. The van der Waals surface area contributed by atoms with E-state index in [-0.39, 0.29) is 18.5 Å². The van der Waals surface area contributed by atoms with E-state index in [2.05, 4.69) is 32.6 Å². The minimum atomic E-state index is -0.00979. The summed E-state index contributed by atoms with van der Waals surface area (Å²) >= 11 is 0. The summed E-state index contributed by atoms with van der Waals surface area (Å²) in [6.45, 7) is 5.83. The second-order valence-electron chi connectivity index (χ2n) is 6.37. The molecule has 1 aliphatic heterocycles. The molecule has 0 aliphatic carbocycles. The fourth-order valence-electron chi connectivity index (χ4n) is 2.57. The van der Waals surface area contributed by atoms with Crippen LogP contribution in [0.1, 0.15) is 37.8 Å². The minimum Gasteiger partial charge on any atom is -0.356 e. The van der Waals surface area contributed by atoms with Crippen LogP contribution in [0.15, 0.2) is 4.99 Å². The summed E-state index contributed by atoms with van der Waals surface area (Å²) < 4.78 is 1.96. The third-order valence-corrected chi connectivity index (χ3v) is 4.00. The van der Waals surface area contributed by atoms with Crippen LogP contribution in [-0.4, -0.2) is 64.8 Å². The molecule has 0 bridgehead atoms. The van der Waals surface area contributed by atoms with Crippen molar-refractivity contribution >= 4 is 11.9 Å². The predicted molar refractivity (Wildman–Crippen MR) is 93.9 cm³/mol. The van der Waals surface area contributed by atoms with Crippen LogP contribution < -0.4 is 10.6 Å². The quantitative estimate of drug-likeness (QED) is 0.444. The SMILES string of the molecule is CCCCNC(=NCC(=O)N(C)C)NC1CCc2nc(C)nn2C1. The van der Waals surface area contributed by atoms with Crippen LogP contribution in [0.4, 0.5) is 0 Å². The number of amides is 1. The van der Waals surface area contributed by atoms with Crippen molar-refractivity contribution in [2.45, 2.75) is 52.1 Å². The fourth-order valence-corrected chi connectivity index (χ4v) is 2.57. The molecular formula is C16H29N7O. The van der Waals surface area contributed by atoms with Gasteiger partial charge in [0.2, 0.25) is 5.91 Å². The molecule has 1 aliphatic rings. The van der Waals surface area contributed by atoms with Crippen molar-refractivity contribution in [3.63, 3.8) is 0 Å². The molecule has 0 radical (unpaired) electrons. The number of rotatable bonds is 6. The smallest absolute Gasteiger partial charge is 0.243 e. The molecule has 0 aromatic carbocycles. The maximum atomic E-state index is 11.8. The first kappa shape index (κ1) is 18.2. The highest BCUT2D eigenvalue weighted by Gasteiger charge is 2.21. The van der Waals surface area contributed by atoms with Crippen molar-refractivity contribution < 1.29 is 4.79 Å². The molecule has 0 spiro atoms. The summed E-state index contributed by atoms with van der Waals surface area (Å²) in [4.78, 5) is 22.2. The maximum Gasteiger partial charge on any atom is 0.243 e. The van der Waals surface area contributed by atoms with E-state index in [4.69, 9.17) is 0 Å². The van der Waals surface area contributed by atoms with E-state index in [1.165, 1.54) is 0 Å². The second-order valence-corrected chi connectivity index (χ2v) is 6.37. The lowest BCUT2D eigenvalue weighted by Crippen LogP contribution is -2.47. The summed E-state index contributed by atoms with van der Waals surface area (Å²) in [7, 11) is 3.48. The third-order valence-electron chi connectivity index (χ3n) is 4.00. The Kier molecular flexibility index (Phi) is 6.57. The van der Waals surface area contributed by atoms with Crippen molar-refractivity contribution in [3.05, 3.63) is 11.6 Å². The number of nitrogens with one attached hydrogen (secondary N) is 2. The Bertz CT molecular complexity index is 579. The lowest BCUT2D eigenvalue weighted by molar-refractivity contribution is -0.127. The molecule has 8 heteroatoms. The van der Waals surface area contributed by atoms with Crippen LogP contribution in [0.3, 0.4) is 0 Å². The number of unbranched alkanes of at least 4 members (excludes halogenated alkanes) is 1. The zero-order valence-corrected chi connectivity index (χ0v) is 15.2. The van der Waals surface area contributed by atoms with Crippen molar-refractivity contribution in [1.29, 1.82) is 0 Å². The summed E-state index contributed by atoms with van der Waals surface area (Å²) in [6, 6.07) is 0.237. The van der Waals surface area contributed by atoms with Gasteiger partial charge < -0.3 is 15.5 Å². The van der Waals surface area contributed by atoms with Crippen molar-refractivity contribution in [3.8, 4) is 0 Å². The van der Waals surface area contributed by atoms with Crippen LogP contribution in [0.2, 0.25) is 0 Å².